The minimum atomic E-state index is -0.307. The Kier molecular flexibility index (Phi) is 15.7. The van der Waals surface area contributed by atoms with Crippen molar-refractivity contribution in [1.29, 1.82) is 0 Å². The molecular formula is C16H39FN4O3S. The second-order valence-electron chi connectivity index (χ2n) is 5.23. The molecule has 1 fully saturated rings. The van der Waals surface area contributed by atoms with E-state index in [0.717, 1.165) is 32.2 Å². The topological polar surface area (TPSA) is 153 Å². The standard InChI is InChI=1S/C14H18FN3O.CH5N.CH4.2H2O.H2S.3H2/c15-10-3-6-12-13(7-10)19-14(18-12)17-11-4-1-9(8-16)2-5-11;1-2;;;;;;;/h3,6-7,9,11H,1-2,4-5,8,16H2,(H,17,18);2H2,1H3;1H4;3*1H2;3*1H. The van der Waals surface area contributed by atoms with Gasteiger partial charge in [0.1, 0.15) is 11.3 Å². The van der Waals surface area contributed by atoms with Gasteiger partial charge in [-0.15, -0.1) is 0 Å². The van der Waals surface area contributed by atoms with Crippen LogP contribution in [0.2, 0.25) is 0 Å². The Morgan fingerprint density at radius 3 is 2.40 bits per heavy atom. The monoisotopic (exact) mass is 386 g/mol. The third-order valence-corrected chi connectivity index (χ3v) is 3.86. The molecule has 2 aromatic rings. The molecule has 0 radical (unpaired) electrons. The van der Waals surface area contributed by atoms with Gasteiger partial charge in [0, 0.05) is 16.4 Å². The number of fused-ring (bicyclic) bond motifs is 1. The van der Waals surface area contributed by atoms with Crippen molar-refractivity contribution < 1.29 is 24.0 Å². The highest BCUT2D eigenvalue weighted by Gasteiger charge is 2.21. The van der Waals surface area contributed by atoms with E-state index in [2.05, 4.69) is 16.0 Å². The molecule has 9 heteroatoms. The summed E-state index contributed by atoms with van der Waals surface area (Å²) < 4.78 is 18.6. The molecule has 0 amide bonds. The molecule has 1 heterocycles. The number of anilines is 1. The second kappa shape index (κ2) is 13.9. The van der Waals surface area contributed by atoms with Crippen LogP contribution in [0.3, 0.4) is 0 Å². The number of benzene rings is 1. The molecule has 1 saturated carbocycles. The van der Waals surface area contributed by atoms with Gasteiger partial charge in [-0.1, -0.05) is 7.43 Å². The predicted octanol–water partition coefficient (Wildman–Crippen LogP) is 2.31. The van der Waals surface area contributed by atoms with Gasteiger partial charge in [0.2, 0.25) is 0 Å². The smallest absolute Gasteiger partial charge is 0.295 e. The van der Waals surface area contributed by atoms with Gasteiger partial charge in [-0.05, 0) is 57.3 Å². The van der Waals surface area contributed by atoms with Crippen molar-refractivity contribution in [3.63, 3.8) is 0 Å². The number of hydrogen-bond acceptors (Lipinski definition) is 5. The molecule has 1 aromatic heterocycles. The van der Waals surface area contributed by atoms with Crippen LogP contribution in [-0.2, 0) is 0 Å². The summed E-state index contributed by atoms with van der Waals surface area (Å²) in [7, 11) is 1.50. The zero-order chi connectivity index (χ0) is 15.2. The van der Waals surface area contributed by atoms with Crippen LogP contribution in [-0.4, -0.2) is 35.6 Å². The van der Waals surface area contributed by atoms with Crippen LogP contribution in [0, 0.1) is 11.7 Å². The van der Waals surface area contributed by atoms with Crippen LogP contribution in [0.1, 0.15) is 37.4 Å². The number of hydrogen-bond donors (Lipinski definition) is 3. The Hall–Kier alpha value is -1.39. The van der Waals surface area contributed by atoms with Crippen molar-refractivity contribution in [2.45, 2.75) is 39.2 Å². The number of nitrogens with zero attached hydrogens (tertiary/aromatic N) is 1. The fourth-order valence-corrected chi connectivity index (χ4v) is 2.68. The maximum absolute atomic E-state index is 13.1. The minimum absolute atomic E-state index is 0. The predicted molar refractivity (Wildman–Crippen MR) is 113 cm³/mol. The largest absolute Gasteiger partial charge is 0.423 e. The lowest BCUT2D eigenvalue weighted by Crippen LogP contribution is -2.29. The molecule has 3 rings (SSSR count). The molecule has 0 atom stereocenters. The number of nitrogens with two attached hydrogens (primary N) is 2. The molecule has 0 unspecified atom stereocenters. The zero-order valence-electron chi connectivity index (χ0n) is 13.8. The zero-order valence-corrected chi connectivity index (χ0v) is 14.8. The van der Waals surface area contributed by atoms with Crippen LogP contribution in [0.4, 0.5) is 10.4 Å². The molecular weight excluding hydrogens is 347 g/mol. The van der Waals surface area contributed by atoms with Gasteiger partial charge in [0.15, 0.2) is 5.58 Å². The van der Waals surface area contributed by atoms with Crippen molar-refractivity contribution in [2.24, 2.45) is 17.4 Å². The van der Waals surface area contributed by atoms with Crippen molar-refractivity contribution in [2.75, 3.05) is 18.9 Å². The van der Waals surface area contributed by atoms with Gasteiger partial charge >= 0.3 is 0 Å². The van der Waals surface area contributed by atoms with E-state index in [1.807, 2.05) is 0 Å². The Balaban J connectivity index is -0.000000130. The molecule has 1 aromatic carbocycles. The number of oxazole rings is 1. The third kappa shape index (κ3) is 7.57. The van der Waals surface area contributed by atoms with Gasteiger partial charge < -0.3 is 32.2 Å². The summed E-state index contributed by atoms with van der Waals surface area (Å²) in [6, 6.07) is 5.24. The molecule has 154 valence electrons. The quantitative estimate of drug-likeness (QED) is 0.738. The Morgan fingerprint density at radius 1 is 1.24 bits per heavy atom. The second-order valence-corrected chi connectivity index (χ2v) is 5.23. The van der Waals surface area contributed by atoms with E-state index in [4.69, 9.17) is 10.2 Å². The first kappa shape index (κ1) is 28.4. The fraction of sp³-hybridized carbons (Fsp3) is 0.562. The van der Waals surface area contributed by atoms with E-state index in [1.165, 1.54) is 19.2 Å². The Labute approximate surface area is 159 Å². The lowest BCUT2D eigenvalue weighted by molar-refractivity contribution is 0.341. The summed E-state index contributed by atoms with van der Waals surface area (Å²) in [4.78, 5) is 4.32. The molecule has 25 heavy (non-hydrogen) atoms. The van der Waals surface area contributed by atoms with Crippen molar-refractivity contribution in [1.82, 2.24) is 4.98 Å². The van der Waals surface area contributed by atoms with Crippen LogP contribution in [0.25, 0.3) is 11.1 Å². The minimum Gasteiger partial charge on any atom is -0.423 e. The van der Waals surface area contributed by atoms with Crippen molar-refractivity contribution in [3.8, 4) is 0 Å². The maximum Gasteiger partial charge on any atom is 0.295 e. The molecule has 1 aliphatic rings. The van der Waals surface area contributed by atoms with Gasteiger partial charge in [0.25, 0.3) is 6.01 Å². The average Bonchev–Trinajstić information content (AvgIpc) is 2.91. The summed E-state index contributed by atoms with van der Waals surface area (Å²) in [5, 5.41) is 3.29. The maximum atomic E-state index is 13.1. The first-order valence-electron chi connectivity index (χ1n) is 7.35. The van der Waals surface area contributed by atoms with Gasteiger partial charge in [-0.25, -0.2) is 4.39 Å². The highest BCUT2D eigenvalue weighted by molar-refractivity contribution is 7.59. The van der Waals surface area contributed by atoms with Gasteiger partial charge in [-0.3, -0.25) is 0 Å². The van der Waals surface area contributed by atoms with Crippen LogP contribution < -0.4 is 16.8 Å². The summed E-state index contributed by atoms with van der Waals surface area (Å²) in [6.07, 6.45) is 4.44. The third-order valence-electron chi connectivity index (χ3n) is 3.86. The first-order chi connectivity index (χ1) is 10.2. The van der Waals surface area contributed by atoms with E-state index in [9.17, 15) is 4.39 Å². The van der Waals surface area contributed by atoms with Gasteiger partial charge in [0.05, 0.1) is 0 Å². The highest BCUT2D eigenvalue weighted by atomic mass is 32.1. The summed E-state index contributed by atoms with van der Waals surface area (Å²) >= 11 is 0. The number of aromatic nitrogens is 1. The Morgan fingerprint density at radius 2 is 1.84 bits per heavy atom. The van der Waals surface area contributed by atoms with Crippen molar-refractivity contribution >= 4 is 30.6 Å². The average molecular weight is 387 g/mol. The highest BCUT2D eigenvalue weighted by Crippen LogP contribution is 2.27. The first-order valence-corrected chi connectivity index (χ1v) is 7.35. The van der Waals surface area contributed by atoms with E-state index in [0.29, 0.717) is 29.1 Å². The van der Waals surface area contributed by atoms with Crippen molar-refractivity contribution in [3.05, 3.63) is 24.0 Å². The van der Waals surface area contributed by atoms with Crippen LogP contribution in [0.15, 0.2) is 22.6 Å². The molecule has 0 spiro atoms. The van der Waals surface area contributed by atoms with E-state index in [-0.39, 0.29) is 42.0 Å². The lowest BCUT2D eigenvalue weighted by atomic mass is 9.86. The summed E-state index contributed by atoms with van der Waals surface area (Å²) in [6.45, 7) is 0.773. The molecule has 0 bridgehead atoms. The normalized spacial score (nSPS) is 18.2. The van der Waals surface area contributed by atoms with Crippen LogP contribution >= 0.6 is 13.5 Å². The lowest BCUT2D eigenvalue weighted by Gasteiger charge is -2.27. The van der Waals surface area contributed by atoms with E-state index < -0.39 is 0 Å². The van der Waals surface area contributed by atoms with E-state index >= 15 is 0 Å². The number of rotatable bonds is 3. The molecule has 9 N–H and O–H groups in total. The number of halogens is 1. The molecule has 0 aliphatic heterocycles. The Bertz CT molecular complexity index is 591. The van der Waals surface area contributed by atoms with Gasteiger partial charge in [-0.2, -0.15) is 18.5 Å². The fourth-order valence-electron chi connectivity index (χ4n) is 2.68. The summed E-state index contributed by atoms with van der Waals surface area (Å²) in [5.74, 6) is 0.342. The van der Waals surface area contributed by atoms with Crippen LogP contribution in [0.5, 0.6) is 0 Å². The molecule has 7 nitrogen and oxygen atoms in total. The SMILES string of the molecule is C.CN.NCC1CCC(Nc2nc3ccc(F)cc3o2)CC1.O.O.S.[HH].[HH].[HH]. The number of nitrogens with one attached hydrogen (secondary N) is 1. The molecule has 1 aliphatic carbocycles. The molecule has 0 saturated heterocycles. The summed E-state index contributed by atoms with van der Waals surface area (Å²) in [5.41, 5.74) is 11.3. The van der Waals surface area contributed by atoms with E-state index in [1.54, 1.807) is 6.07 Å².